The van der Waals surface area contributed by atoms with E-state index in [0.29, 0.717) is 24.0 Å². The summed E-state index contributed by atoms with van der Waals surface area (Å²) in [6.45, 7) is 2.24. The lowest BCUT2D eigenvalue weighted by atomic mass is 10.1. The number of hydrogen-bond acceptors (Lipinski definition) is 4. The minimum absolute atomic E-state index is 0.0196. The quantitative estimate of drug-likeness (QED) is 0.507. The zero-order chi connectivity index (χ0) is 23.1. The monoisotopic (exact) mass is 460 g/mol. The number of nitrogens with one attached hydrogen (secondary N) is 2. The van der Waals surface area contributed by atoms with Crippen molar-refractivity contribution in [1.29, 1.82) is 0 Å². The van der Waals surface area contributed by atoms with Crippen LogP contribution in [0.1, 0.15) is 12.5 Å². The molecule has 3 aromatic rings. The summed E-state index contributed by atoms with van der Waals surface area (Å²) in [4.78, 5) is 12.8. The number of carbonyl (C=O) groups is 1. The minimum Gasteiger partial charge on any atom is -0.494 e. The molecule has 0 radical (unpaired) electrons. The molecule has 0 saturated heterocycles. The van der Waals surface area contributed by atoms with Gasteiger partial charge < -0.3 is 10.1 Å². The molecule has 0 saturated carbocycles. The average Bonchev–Trinajstić information content (AvgIpc) is 2.76. The maximum Gasteiger partial charge on any atom is 0.242 e. The van der Waals surface area contributed by atoms with Crippen LogP contribution in [-0.2, 0) is 21.2 Å². The van der Waals surface area contributed by atoms with Crippen LogP contribution in [0.5, 0.6) is 5.75 Å². The molecule has 0 bridgehead atoms. The number of anilines is 1. The molecule has 0 spiro atoms. The number of hydrogen-bond donors (Lipinski definition) is 2. The van der Waals surface area contributed by atoms with E-state index in [4.69, 9.17) is 4.74 Å². The van der Waals surface area contributed by atoms with Crippen LogP contribution in [0.25, 0.3) is 0 Å². The van der Waals surface area contributed by atoms with Gasteiger partial charge in [-0.3, -0.25) is 4.79 Å². The Morgan fingerprint density at radius 1 is 1.00 bits per heavy atom. The smallest absolute Gasteiger partial charge is 0.242 e. The molecular weight excluding hydrogens is 438 g/mol. The third kappa shape index (κ3) is 6.12. The summed E-state index contributed by atoms with van der Waals surface area (Å²) in [6, 6.07) is 16.0. The largest absolute Gasteiger partial charge is 0.494 e. The maximum absolute atomic E-state index is 14.0. The summed E-state index contributed by atoms with van der Waals surface area (Å²) in [5.74, 6) is -2.03. The Labute approximate surface area is 185 Å². The molecule has 3 aromatic carbocycles. The highest BCUT2D eigenvalue weighted by atomic mass is 32.2. The first-order chi connectivity index (χ1) is 15.3. The minimum atomic E-state index is -4.09. The third-order valence-corrected chi connectivity index (χ3v) is 6.02. The molecule has 168 valence electrons. The molecular formula is C23H22F2N2O4S. The number of rotatable bonds is 9. The molecule has 32 heavy (non-hydrogen) atoms. The third-order valence-electron chi connectivity index (χ3n) is 4.53. The first kappa shape index (κ1) is 23.4. The van der Waals surface area contributed by atoms with Crippen LogP contribution in [0, 0.1) is 11.6 Å². The molecule has 0 aliphatic rings. The summed E-state index contributed by atoms with van der Waals surface area (Å²) < 4.78 is 60.7. The van der Waals surface area contributed by atoms with Crippen LogP contribution < -0.4 is 14.8 Å². The maximum atomic E-state index is 14.0. The van der Waals surface area contributed by atoms with Gasteiger partial charge in [0.25, 0.3) is 0 Å². The highest BCUT2D eigenvalue weighted by Gasteiger charge is 2.27. The fourth-order valence-corrected chi connectivity index (χ4v) is 4.18. The number of carbonyl (C=O) groups excluding carboxylic acids is 1. The van der Waals surface area contributed by atoms with E-state index >= 15 is 0 Å². The van der Waals surface area contributed by atoms with Gasteiger partial charge in [0, 0.05) is 6.07 Å². The lowest BCUT2D eigenvalue weighted by Crippen LogP contribution is -2.45. The predicted molar refractivity (Wildman–Crippen MR) is 117 cm³/mol. The van der Waals surface area contributed by atoms with E-state index in [1.165, 1.54) is 24.3 Å². The SMILES string of the molecule is CCOc1ccc(S(=O)(=O)N[C@@H](Cc2ccccc2)C(=O)Nc2ccc(F)cc2F)cc1. The van der Waals surface area contributed by atoms with Gasteiger partial charge in [0.1, 0.15) is 23.4 Å². The Morgan fingerprint density at radius 3 is 2.31 bits per heavy atom. The predicted octanol–water partition coefficient (Wildman–Crippen LogP) is 3.89. The molecule has 0 aliphatic carbocycles. The van der Waals surface area contributed by atoms with Gasteiger partial charge in [0.15, 0.2) is 0 Å². The molecule has 0 aliphatic heterocycles. The lowest BCUT2D eigenvalue weighted by molar-refractivity contribution is -0.117. The van der Waals surface area contributed by atoms with Crippen molar-refractivity contribution >= 4 is 21.6 Å². The molecule has 2 N–H and O–H groups in total. The van der Waals surface area contributed by atoms with E-state index in [1.54, 1.807) is 30.3 Å². The van der Waals surface area contributed by atoms with Gasteiger partial charge in [-0.2, -0.15) is 4.72 Å². The first-order valence-electron chi connectivity index (χ1n) is 9.83. The first-order valence-corrected chi connectivity index (χ1v) is 11.3. The van der Waals surface area contributed by atoms with Gasteiger partial charge >= 0.3 is 0 Å². The highest BCUT2D eigenvalue weighted by Crippen LogP contribution is 2.19. The Hall–Kier alpha value is -3.30. The van der Waals surface area contributed by atoms with Gasteiger partial charge in [-0.25, -0.2) is 17.2 Å². The number of sulfonamides is 1. The molecule has 1 amide bonds. The van der Waals surface area contributed by atoms with Gasteiger partial charge in [-0.1, -0.05) is 30.3 Å². The summed E-state index contributed by atoms with van der Waals surface area (Å²) in [5, 5.41) is 2.33. The normalized spacial score (nSPS) is 12.2. The molecule has 0 fully saturated rings. The van der Waals surface area contributed by atoms with Gasteiger partial charge in [0.2, 0.25) is 15.9 Å². The van der Waals surface area contributed by atoms with E-state index in [-0.39, 0.29) is 17.0 Å². The molecule has 0 heterocycles. The second-order valence-electron chi connectivity index (χ2n) is 6.88. The van der Waals surface area contributed by atoms with E-state index in [1.807, 2.05) is 6.92 Å². The van der Waals surface area contributed by atoms with Crippen LogP contribution in [0.4, 0.5) is 14.5 Å². The number of benzene rings is 3. The van der Waals surface area contributed by atoms with Crippen molar-refractivity contribution in [2.24, 2.45) is 0 Å². The van der Waals surface area contributed by atoms with Crippen LogP contribution in [0.15, 0.2) is 77.7 Å². The van der Waals surface area contributed by atoms with Crippen molar-refractivity contribution in [3.8, 4) is 5.75 Å². The molecule has 6 nitrogen and oxygen atoms in total. The van der Waals surface area contributed by atoms with Gasteiger partial charge in [-0.05, 0) is 55.3 Å². The van der Waals surface area contributed by atoms with E-state index in [9.17, 15) is 22.0 Å². The number of amides is 1. The fraction of sp³-hybridized carbons (Fsp3) is 0.174. The highest BCUT2D eigenvalue weighted by molar-refractivity contribution is 7.89. The van der Waals surface area contributed by atoms with Crippen molar-refractivity contribution in [2.45, 2.75) is 24.3 Å². The average molecular weight is 461 g/mol. The van der Waals surface area contributed by atoms with Crippen molar-refractivity contribution in [3.63, 3.8) is 0 Å². The Kier molecular flexibility index (Phi) is 7.55. The van der Waals surface area contributed by atoms with Gasteiger partial charge in [-0.15, -0.1) is 0 Å². The molecule has 9 heteroatoms. The molecule has 0 aromatic heterocycles. The topological polar surface area (TPSA) is 84.5 Å². The van der Waals surface area contributed by atoms with Crippen molar-refractivity contribution in [1.82, 2.24) is 4.72 Å². The van der Waals surface area contributed by atoms with Crippen LogP contribution >= 0.6 is 0 Å². The zero-order valence-electron chi connectivity index (χ0n) is 17.2. The van der Waals surface area contributed by atoms with Crippen molar-refractivity contribution in [3.05, 3.63) is 90.0 Å². The molecule has 3 rings (SSSR count). The van der Waals surface area contributed by atoms with Gasteiger partial charge in [0.05, 0.1) is 17.2 Å². The fourth-order valence-electron chi connectivity index (χ4n) is 2.99. The Morgan fingerprint density at radius 2 is 1.69 bits per heavy atom. The summed E-state index contributed by atoms with van der Waals surface area (Å²) in [6.07, 6.45) is 0.0196. The number of halogens is 2. The van der Waals surface area contributed by atoms with E-state index in [2.05, 4.69) is 10.0 Å². The summed E-state index contributed by atoms with van der Waals surface area (Å²) >= 11 is 0. The lowest BCUT2D eigenvalue weighted by Gasteiger charge is -2.19. The summed E-state index contributed by atoms with van der Waals surface area (Å²) in [7, 11) is -4.09. The number of ether oxygens (including phenoxy) is 1. The van der Waals surface area contributed by atoms with Crippen LogP contribution in [0.2, 0.25) is 0 Å². The van der Waals surface area contributed by atoms with E-state index in [0.717, 1.165) is 12.1 Å². The second-order valence-corrected chi connectivity index (χ2v) is 8.60. The van der Waals surface area contributed by atoms with Crippen LogP contribution in [0.3, 0.4) is 0 Å². The second kappa shape index (κ2) is 10.3. The standard InChI is InChI=1S/C23H22F2N2O4S/c1-2-31-18-9-11-19(12-10-18)32(29,30)27-22(14-16-6-4-3-5-7-16)23(28)26-21-13-8-17(24)15-20(21)25/h3-13,15,22,27H,2,14H2,1H3,(H,26,28)/t22-/m0/s1. The zero-order valence-corrected chi connectivity index (χ0v) is 18.0. The molecule has 0 unspecified atom stereocenters. The van der Waals surface area contributed by atoms with Crippen LogP contribution in [-0.4, -0.2) is 27.0 Å². The Balaban J connectivity index is 1.85. The van der Waals surface area contributed by atoms with E-state index < -0.39 is 33.6 Å². The Bertz CT molecular complexity index is 1170. The summed E-state index contributed by atoms with van der Waals surface area (Å²) in [5.41, 5.74) is 0.441. The van der Waals surface area contributed by atoms with Crippen molar-refractivity contribution < 1.29 is 26.7 Å². The van der Waals surface area contributed by atoms with Crippen molar-refractivity contribution in [2.75, 3.05) is 11.9 Å². The molecule has 1 atom stereocenters.